The molecule has 0 radical (unpaired) electrons. The van der Waals surface area contributed by atoms with E-state index in [1.807, 2.05) is 13.8 Å². The SMILES string of the molecule is C/C=C(/Cl)OCC. The molecular weight excluding hydrogens is 112 g/mol. The third kappa shape index (κ3) is 3.67. The smallest absolute Gasteiger partial charge is 0.182 e. The van der Waals surface area contributed by atoms with E-state index in [9.17, 15) is 0 Å². The monoisotopic (exact) mass is 120 g/mol. The van der Waals surface area contributed by atoms with Crippen LogP contribution in [0, 0.1) is 0 Å². The first-order valence-electron chi connectivity index (χ1n) is 2.25. The van der Waals surface area contributed by atoms with Crippen molar-refractivity contribution in [1.29, 1.82) is 0 Å². The molecule has 0 aromatic carbocycles. The van der Waals surface area contributed by atoms with Gasteiger partial charge in [0.05, 0.1) is 6.61 Å². The van der Waals surface area contributed by atoms with E-state index in [0.717, 1.165) is 0 Å². The molecule has 0 unspecified atom stereocenters. The second-order valence-corrected chi connectivity index (χ2v) is 1.40. The first kappa shape index (κ1) is 6.83. The summed E-state index contributed by atoms with van der Waals surface area (Å²) < 4.78 is 4.82. The van der Waals surface area contributed by atoms with E-state index in [-0.39, 0.29) is 0 Å². The maximum absolute atomic E-state index is 5.40. The van der Waals surface area contributed by atoms with Gasteiger partial charge in [0.25, 0.3) is 0 Å². The molecular formula is C5H9ClO. The van der Waals surface area contributed by atoms with Crippen molar-refractivity contribution in [1.82, 2.24) is 0 Å². The highest BCUT2D eigenvalue weighted by molar-refractivity contribution is 6.28. The Morgan fingerprint density at radius 2 is 2.43 bits per heavy atom. The Balaban J connectivity index is 3.17. The van der Waals surface area contributed by atoms with Gasteiger partial charge in [0.15, 0.2) is 5.22 Å². The first-order chi connectivity index (χ1) is 3.31. The second-order valence-electron chi connectivity index (χ2n) is 1.03. The van der Waals surface area contributed by atoms with Crippen molar-refractivity contribution in [2.24, 2.45) is 0 Å². The van der Waals surface area contributed by atoms with Crippen LogP contribution in [0.4, 0.5) is 0 Å². The van der Waals surface area contributed by atoms with E-state index in [1.54, 1.807) is 6.08 Å². The lowest BCUT2D eigenvalue weighted by atomic mass is 10.7. The summed E-state index contributed by atoms with van der Waals surface area (Å²) in [5, 5.41) is 0.475. The van der Waals surface area contributed by atoms with E-state index in [0.29, 0.717) is 11.8 Å². The molecule has 0 rings (SSSR count). The Morgan fingerprint density at radius 1 is 1.86 bits per heavy atom. The highest BCUT2D eigenvalue weighted by atomic mass is 35.5. The zero-order chi connectivity index (χ0) is 5.70. The van der Waals surface area contributed by atoms with Crippen LogP contribution in [0.25, 0.3) is 0 Å². The van der Waals surface area contributed by atoms with E-state index >= 15 is 0 Å². The summed E-state index contributed by atoms with van der Waals surface area (Å²) in [7, 11) is 0. The van der Waals surface area contributed by atoms with Gasteiger partial charge in [-0.05, 0) is 31.5 Å². The molecule has 0 heterocycles. The van der Waals surface area contributed by atoms with Crippen LogP contribution < -0.4 is 0 Å². The predicted octanol–water partition coefficient (Wildman–Crippen LogP) is 2.12. The standard InChI is InChI=1S/C5H9ClO/c1-3-5(6)7-4-2/h3H,4H2,1-2H3/b5-3-. The van der Waals surface area contributed by atoms with Crippen LogP contribution in [0.2, 0.25) is 0 Å². The van der Waals surface area contributed by atoms with Gasteiger partial charge in [-0.2, -0.15) is 0 Å². The van der Waals surface area contributed by atoms with Crippen molar-refractivity contribution in [2.45, 2.75) is 13.8 Å². The molecule has 2 heteroatoms. The van der Waals surface area contributed by atoms with Crippen LogP contribution in [0.5, 0.6) is 0 Å². The van der Waals surface area contributed by atoms with Gasteiger partial charge in [-0.25, -0.2) is 0 Å². The number of ether oxygens (including phenoxy) is 1. The summed E-state index contributed by atoms with van der Waals surface area (Å²) in [6.07, 6.45) is 1.71. The zero-order valence-corrected chi connectivity index (χ0v) is 5.33. The van der Waals surface area contributed by atoms with Crippen molar-refractivity contribution in [3.05, 3.63) is 11.3 Å². The minimum atomic E-state index is 0.475. The number of hydrogen-bond donors (Lipinski definition) is 0. The Labute approximate surface area is 48.9 Å². The largest absolute Gasteiger partial charge is 0.483 e. The Kier molecular flexibility index (Phi) is 3.90. The lowest BCUT2D eigenvalue weighted by Crippen LogP contribution is -1.81. The molecule has 0 N–H and O–H groups in total. The molecule has 0 spiro atoms. The van der Waals surface area contributed by atoms with E-state index in [4.69, 9.17) is 16.3 Å². The van der Waals surface area contributed by atoms with Gasteiger partial charge < -0.3 is 4.74 Å². The van der Waals surface area contributed by atoms with Crippen LogP contribution in [0.1, 0.15) is 13.8 Å². The molecule has 0 aromatic rings. The van der Waals surface area contributed by atoms with Gasteiger partial charge in [-0.15, -0.1) is 0 Å². The summed E-state index contributed by atoms with van der Waals surface area (Å²) in [5.41, 5.74) is 0. The van der Waals surface area contributed by atoms with E-state index in [2.05, 4.69) is 0 Å². The van der Waals surface area contributed by atoms with Gasteiger partial charge in [-0.1, -0.05) is 0 Å². The Bertz CT molecular complexity index is 68.5. The van der Waals surface area contributed by atoms with Gasteiger partial charge in [-0.3, -0.25) is 0 Å². The maximum atomic E-state index is 5.40. The fraction of sp³-hybridized carbons (Fsp3) is 0.600. The molecule has 0 saturated carbocycles. The average molecular weight is 121 g/mol. The van der Waals surface area contributed by atoms with E-state index < -0.39 is 0 Å². The molecule has 0 atom stereocenters. The summed E-state index contributed by atoms with van der Waals surface area (Å²) in [6, 6.07) is 0. The van der Waals surface area contributed by atoms with Gasteiger partial charge in [0, 0.05) is 0 Å². The molecule has 0 aliphatic carbocycles. The lowest BCUT2D eigenvalue weighted by molar-refractivity contribution is 0.254. The summed E-state index contributed by atoms with van der Waals surface area (Å²) in [6.45, 7) is 4.37. The van der Waals surface area contributed by atoms with Crippen LogP contribution in [-0.4, -0.2) is 6.61 Å². The Hall–Kier alpha value is -0.170. The predicted molar refractivity (Wildman–Crippen MR) is 31.2 cm³/mol. The highest BCUT2D eigenvalue weighted by Crippen LogP contribution is 2.00. The van der Waals surface area contributed by atoms with Gasteiger partial charge in [0.2, 0.25) is 0 Å². The molecule has 42 valence electrons. The van der Waals surface area contributed by atoms with Crippen LogP contribution in [-0.2, 0) is 4.74 Å². The fourth-order valence-electron chi connectivity index (χ4n) is 0.221. The minimum Gasteiger partial charge on any atom is -0.483 e. The molecule has 0 aromatic heterocycles. The molecule has 1 nitrogen and oxygen atoms in total. The van der Waals surface area contributed by atoms with Crippen molar-refractivity contribution in [3.8, 4) is 0 Å². The molecule has 0 aliphatic rings. The maximum Gasteiger partial charge on any atom is 0.182 e. The highest BCUT2D eigenvalue weighted by Gasteiger charge is 1.81. The quantitative estimate of drug-likeness (QED) is 0.508. The van der Waals surface area contributed by atoms with Crippen molar-refractivity contribution >= 4 is 11.6 Å². The molecule has 0 aliphatic heterocycles. The van der Waals surface area contributed by atoms with Crippen LogP contribution in [0.3, 0.4) is 0 Å². The molecule has 0 amide bonds. The topological polar surface area (TPSA) is 9.23 Å². The van der Waals surface area contributed by atoms with Crippen LogP contribution in [0.15, 0.2) is 11.3 Å². The number of hydrogen-bond acceptors (Lipinski definition) is 1. The fourth-order valence-corrected chi connectivity index (χ4v) is 0.330. The Morgan fingerprint density at radius 3 is 2.57 bits per heavy atom. The summed E-state index contributed by atoms with van der Waals surface area (Å²) >= 11 is 5.40. The van der Waals surface area contributed by atoms with Gasteiger partial charge >= 0.3 is 0 Å². The number of rotatable bonds is 2. The lowest BCUT2D eigenvalue weighted by Gasteiger charge is -1.95. The first-order valence-corrected chi connectivity index (χ1v) is 2.63. The molecule has 0 saturated heterocycles. The van der Waals surface area contributed by atoms with Crippen molar-refractivity contribution < 1.29 is 4.74 Å². The summed E-state index contributed by atoms with van der Waals surface area (Å²) in [5.74, 6) is 0. The van der Waals surface area contributed by atoms with Crippen LogP contribution >= 0.6 is 11.6 Å². The second kappa shape index (κ2) is 4.00. The average Bonchev–Trinajstić information content (AvgIpc) is 1.68. The van der Waals surface area contributed by atoms with Gasteiger partial charge in [0.1, 0.15) is 0 Å². The third-order valence-electron chi connectivity index (χ3n) is 0.509. The molecule has 7 heavy (non-hydrogen) atoms. The summed E-state index contributed by atoms with van der Waals surface area (Å²) in [4.78, 5) is 0. The number of halogens is 1. The van der Waals surface area contributed by atoms with E-state index in [1.165, 1.54) is 0 Å². The minimum absolute atomic E-state index is 0.475. The zero-order valence-electron chi connectivity index (χ0n) is 4.57. The molecule has 0 fully saturated rings. The number of allylic oxidation sites excluding steroid dienone is 1. The molecule has 0 bridgehead atoms. The normalized spacial score (nSPS) is 11.6. The third-order valence-corrected chi connectivity index (χ3v) is 0.837. The van der Waals surface area contributed by atoms with Crippen molar-refractivity contribution in [3.63, 3.8) is 0 Å². The van der Waals surface area contributed by atoms with Crippen molar-refractivity contribution in [2.75, 3.05) is 6.61 Å².